The number of nitrogens with one attached hydrogen (secondary N) is 1. The van der Waals surface area contributed by atoms with Crippen molar-refractivity contribution in [3.8, 4) is 0 Å². The van der Waals surface area contributed by atoms with Gasteiger partial charge in [-0.2, -0.15) is 0 Å². The van der Waals surface area contributed by atoms with Crippen LogP contribution < -0.4 is 17.2 Å². The van der Waals surface area contributed by atoms with Gasteiger partial charge < -0.3 is 22.1 Å². The summed E-state index contributed by atoms with van der Waals surface area (Å²) < 4.78 is 0. The van der Waals surface area contributed by atoms with Gasteiger partial charge in [-0.3, -0.25) is 10.4 Å². The van der Waals surface area contributed by atoms with E-state index in [1.54, 1.807) is 0 Å². The molecule has 1 heterocycles. The summed E-state index contributed by atoms with van der Waals surface area (Å²) in [4.78, 5) is 5.64. The molecule has 1 saturated heterocycles. The van der Waals surface area contributed by atoms with E-state index in [9.17, 15) is 0 Å². The minimum atomic E-state index is 0. The molecule has 0 aromatic carbocycles. The monoisotopic (exact) mass is 244 g/mol. The molecule has 17 heavy (non-hydrogen) atoms. The summed E-state index contributed by atoms with van der Waals surface area (Å²) in [7, 11) is 0. The number of hydrogen-bond donors (Lipinski definition) is 4. The number of likely N-dealkylation sites (tertiary alicyclic amines) is 1. The van der Waals surface area contributed by atoms with Crippen LogP contribution in [0.1, 0.15) is 40.0 Å². The lowest BCUT2D eigenvalue weighted by Crippen LogP contribution is -2.39. The van der Waals surface area contributed by atoms with Crippen LogP contribution in [-0.4, -0.2) is 36.5 Å². The summed E-state index contributed by atoms with van der Waals surface area (Å²) >= 11 is 0. The fourth-order valence-corrected chi connectivity index (χ4v) is 1.38. The molecule has 0 atom stereocenters. The number of piperidine rings is 1. The van der Waals surface area contributed by atoms with Gasteiger partial charge in [-0.15, -0.1) is 0 Å². The van der Waals surface area contributed by atoms with Gasteiger partial charge >= 0.3 is 0 Å². The van der Waals surface area contributed by atoms with Crippen molar-refractivity contribution >= 4 is 11.9 Å². The van der Waals surface area contributed by atoms with E-state index in [-0.39, 0.29) is 19.3 Å². The molecule has 0 bridgehead atoms. The Kier molecular flexibility index (Phi) is 11.6. The Morgan fingerprint density at radius 2 is 1.71 bits per heavy atom. The maximum atomic E-state index is 7.09. The van der Waals surface area contributed by atoms with Gasteiger partial charge in [-0.25, -0.2) is 0 Å². The third kappa shape index (κ3) is 10.8. The molecule has 0 saturated carbocycles. The first-order chi connectivity index (χ1) is 7.57. The normalized spacial score (nSPS) is 13.8. The van der Waals surface area contributed by atoms with Crippen molar-refractivity contribution in [1.29, 1.82) is 5.41 Å². The number of rotatable bonds is 2. The molecule has 0 aromatic heterocycles. The topological polar surface area (TPSA) is 118 Å². The Labute approximate surface area is 105 Å². The van der Waals surface area contributed by atoms with E-state index in [4.69, 9.17) is 22.6 Å². The van der Waals surface area contributed by atoms with Gasteiger partial charge in [-0.05, 0) is 25.7 Å². The zero-order valence-corrected chi connectivity index (χ0v) is 10.1. The molecule has 102 valence electrons. The van der Waals surface area contributed by atoms with Crippen LogP contribution in [0.2, 0.25) is 0 Å². The van der Waals surface area contributed by atoms with Crippen molar-refractivity contribution in [1.82, 2.24) is 4.90 Å². The van der Waals surface area contributed by atoms with Crippen LogP contribution >= 0.6 is 0 Å². The quantitative estimate of drug-likeness (QED) is 0.422. The standard InChI is InChI=1S/C6H13N3.C4H11N3.CH4/c7-6(8)9-4-2-1-3-5-9;1-2-3-7-4(5)6;/h1-5H2,(H3,7,8);2-3H2,1H3,(H4,5,6,7);1H4. The van der Waals surface area contributed by atoms with E-state index < -0.39 is 0 Å². The first kappa shape index (κ1) is 17.9. The zero-order valence-electron chi connectivity index (χ0n) is 10.1. The molecule has 0 unspecified atom stereocenters. The minimum absolute atomic E-state index is 0. The largest absolute Gasteiger partial charge is 0.370 e. The van der Waals surface area contributed by atoms with E-state index in [2.05, 4.69) is 4.99 Å². The second kappa shape index (κ2) is 11.0. The summed E-state index contributed by atoms with van der Waals surface area (Å²) in [6.07, 6.45) is 4.68. The predicted molar refractivity (Wildman–Crippen MR) is 75.0 cm³/mol. The fraction of sp³-hybridized carbons (Fsp3) is 0.818. The second-order valence-corrected chi connectivity index (χ2v) is 3.74. The summed E-state index contributed by atoms with van der Waals surface area (Å²) in [6, 6.07) is 0. The Bertz CT molecular complexity index is 216. The lowest BCUT2D eigenvalue weighted by atomic mass is 10.1. The summed E-state index contributed by atoms with van der Waals surface area (Å²) in [6.45, 7) is 4.72. The number of guanidine groups is 2. The molecule has 0 spiro atoms. The third-order valence-corrected chi connectivity index (χ3v) is 2.21. The molecule has 7 N–H and O–H groups in total. The predicted octanol–water partition coefficient (Wildman–Crippen LogP) is 0.672. The van der Waals surface area contributed by atoms with Gasteiger partial charge in [0.25, 0.3) is 0 Å². The molecule has 6 nitrogen and oxygen atoms in total. The highest BCUT2D eigenvalue weighted by atomic mass is 15.2. The van der Waals surface area contributed by atoms with Crippen LogP contribution in [-0.2, 0) is 0 Å². The number of aliphatic imine (C=N–C) groups is 1. The SMILES string of the molecule is C.CCCN=C(N)N.N=C(N)N1CCCCC1. The molecular formula is C11H28N6. The van der Waals surface area contributed by atoms with Crippen LogP contribution in [0, 0.1) is 5.41 Å². The molecule has 0 aromatic rings. The van der Waals surface area contributed by atoms with Crippen molar-refractivity contribution < 1.29 is 0 Å². The summed E-state index contributed by atoms with van der Waals surface area (Å²) in [5, 5.41) is 7.09. The van der Waals surface area contributed by atoms with Crippen molar-refractivity contribution in [3.63, 3.8) is 0 Å². The van der Waals surface area contributed by atoms with Crippen molar-refractivity contribution in [2.24, 2.45) is 22.2 Å². The Morgan fingerprint density at radius 1 is 1.18 bits per heavy atom. The lowest BCUT2D eigenvalue weighted by Gasteiger charge is -2.26. The highest BCUT2D eigenvalue weighted by Gasteiger charge is 2.09. The van der Waals surface area contributed by atoms with E-state index in [1.165, 1.54) is 19.3 Å². The fourth-order valence-electron chi connectivity index (χ4n) is 1.38. The molecule has 0 radical (unpaired) electrons. The zero-order chi connectivity index (χ0) is 12.4. The van der Waals surface area contributed by atoms with E-state index in [0.29, 0.717) is 0 Å². The van der Waals surface area contributed by atoms with Gasteiger partial charge in [0.15, 0.2) is 11.9 Å². The van der Waals surface area contributed by atoms with Gasteiger partial charge in [0.2, 0.25) is 0 Å². The molecule has 1 aliphatic heterocycles. The molecule has 1 rings (SSSR count). The average molecular weight is 244 g/mol. The average Bonchev–Trinajstić information content (AvgIpc) is 2.28. The van der Waals surface area contributed by atoms with E-state index in [0.717, 1.165) is 26.1 Å². The Hall–Kier alpha value is -1.46. The van der Waals surface area contributed by atoms with Gasteiger partial charge in [0, 0.05) is 19.6 Å². The molecule has 0 amide bonds. The van der Waals surface area contributed by atoms with Crippen LogP contribution in [0.3, 0.4) is 0 Å². The van der Waals surface area contributed by atoms with Gasteiger partial charge in [0.1, 0.15) is 0 Å². The van der Waals surface area contributed by atoms with Crippen molar-refractivity contribution in [2.75, 3.05) is 19.6 Å². The smallest absolute Gasteiger partial charge is 0.188 e. The van der Waals surface area contributed by atoms with Crippen molar-refractivity contribution in [3.05, 3.63) is 0 Å². The maximum Gasteiger partial charge on any atom is 0.188 e. The molecular weight excluding hydrogens is 216 g/mol. The van der Waals surface area contributed by atoms with E-state index >= 15 is 0 Å². The lowest BCUT2D eigenvalue weighted by molar-refractivity contribution is 0.337. The number of nitrogens with two attached hydrogens (primary N) is 3. The minimum Gasteiger partial charge on any atom is -0.370 e. The highest BCUT2D eigenvalue weighted by Crippen LogP contribution is 2.06. The van der Waals surface area contributed by atoms with Gasteiger partial charge in [-0.1, -0.05) is 14.4 Å². The molecule has 1 aliphatic rings. The maximum absolute atomic E-state index is 7.09. The number of hydrogen-bond acceptors (Lipinski definition) is 2. The Morgan fingerprint density at radius 3 is 1.94 bits per heavy atom. The van der Waals surface area contributed by atoms with Crippen LogP contribution in [0.5, 0.6) is 0 Å². The third-order valence-electron chi connectivity index (χ3n) is 2.21. The molecule has 0 aliphatic carbocycles. The highest BCUT2D eigenvalue weighted by molar-refractivity contribution is 5.75. The first-order valence-corrected chi connectivity index (χ1v) is 5.72. The summed E-state index contributed by atoms with van der Waals surface area (Å²) in [5.41, 5.74) is 15.3. The molecule has 6 heteroatoms. The van der Waals surface area contributed by atoms with E-state index in [1.807, 2.05) is 11.8 Å². The first-order valence-electron chi connectivity index (χ1n) is 5.72. The van der Waals surface area contributed by atoms with Crippen molar-refractivity contribution in [2.45, 2.75) is 40.0 Å². The van der Waals surface area contributed by atoms with Gasteiger partial charge in [0.05, 0.1) is 0 Å². The Balaban J connectivity index is 0. The van der Waals surface area contributed by atoms with Crippen LogP contribution in [0.15, 0.2) is 4.99 Å². The van der Waals surface area contributed by atoms with Crippen LogP contribution in [0.4, 0.5) is 0 Å². The second-order valence-electron chi connectivity index (χ2n) is 3.74. The number of nitrogens with zero attached hydrogens (tertiary/aromatic N) is 2. The van der Waals surface area contributed by atoms with Crippen LogP contribution in [0.25, 0.3) is 0 Å². The molecule has 1 fully saturated rings. The summed E-state index contributed by atoms with van der Waals surface area (Å²) in [5.74, 6) is 0.413.